The molecule has 1 atom stereocenters. The Labute approximate surface area is 150 Å². The highest BCUT2D eigenvalue weighted by molar-refractivity contribution is 6.30. The van der Waals surface area contributed by atoms with Gasteiger partial charge in [-0.05, 0) is 29.8 Å². The van der Waals surface area contributed by atoms with Crippen LogP contribution in [0.2, 0.25) is 5.02 Å². The van der Waals surface area contributed by atoms with E-state index in [1.54, 1.807) is 13.4 Å². The summed E-state index contributed by atoms with van der Waals surface area (Å²) in [5, 5.41) is 3.62. The van der Waals surface area contributed by atoms with Crippen LogP contribution in [0.4, 0.5) is 5.82 Å². The minimum atomic E-state index is -0.0899. The number of benzene rings is 2. The molecule has 0 unspecified atom stereocenters. The zero-order chi connectivity index (χ0) is 17.4. The summed E-state index contributed by atoms with van der Waals surface area (Å²) in [6.07, 6.45) is 2.09. The molecule has 1 amide bonds. The molecule has 0 aliphatic carbocycles. The second kappa shape index (κ2) is 6.26. The van der Waals surface area contributed by atoms with Crippen LogP contribution in [0.3, 0.4) is 0 Å². The van der Waals surface area contributed by atoms with Crippen molar-refractivity contribution in [2.24, 2.45) is 0 Å². The van der Waals surface area contributed by atoms with Crippen LogP contribution >= 0.6 is 11.6 Å². The summed E-state index contributed by atoms with van der Waals surface area (Å²) in [6, 6.07) is 15.2. The van der Waals surface area contributed by atoms with E-state index in [-0.39, 0.29) is 11.8 Å². The van der Waals surface area contributed by atoms with Crippen LogP contribution in [0, 0.1) is 0 Å². The average molecular weight is 354 g/mol. The number of rotatable bonds is 3. The molecule has 1 aromatic heterocycles. The molecule has 1 aliphatic rings. The minimum Gasteiger partial charge on any atom is -0.497 e. The predicted molar refractivity (Wildman–Crippen MR) is 96.7 cm³/mol. The molecule has 4 rings (SSSR count). The Kier molecular flexibility index (Phi) is 3.93. The third kappa shape index (κ3) is 2.87. The molecule has 5 nitrogen and oxygen atoms in total. The highest BCUT2D eigenvalue weighted by atomic mass is 35.5. The van der Waals surface area contributed by atoms with Crippen LogP contribution in [-0.2, 0) is 4.79 Å². The van der Waals surface area contributed by atoms with E-state index in [1.165, 1.54) is 0 Å². The van der Waals surface area contributed by atoms with E-state index >= 15 is 0 Å². The molecular formula is C19H16ClN3O2. The first-order valence-electron chi connectivity index (χ1n) is 7.92. The molecule has 0 saturated carbocycles. The first-order chi connectivity index (χ1) is 12.2. The van der Waals surface area contributed by atoms with Crippen LogP contribution in [0.15, 0.2) is 54.9 Å². The second-order valence-corrected chi connectivity index (χ2v) is 6.34. The standard InChI is InChI=1S/C19H16ClN3O2/c1-25-15-4-2-3-14(9-15)23-11-21-18-16(10-17(24)22-19(18)23)12-5-7-13(20)8-6-12/h2-9,11,16H,10H2,1H3,(H,22,24)/t16-/m1/s1. The van der Waals surface area contributed by atoms with Gasteiger partial charge >= 0.3 is 0 Å². The number of ether oxygens (including phenoxy) is 1. The van der Waals surface area contributed by atoms with E-state index in [0.717, 1.165) is 22.7 Å². The highest BCUT2D eigenvalue weighted by Crippen LogP contribution is 2.37. The number of methoxy groups -OCH3 is 1. The summed E-state index contributed by atoms with van der Waals surface area (Å²) in [7, 11) is 1.63. The van der Waals surface area contributed by atoms with Crippen molar-refractivity contribution in [2.75, 3.05) is 12.4 Å². The number of carbonyl (C=O) groups excluding carboxylic acids is 1. The zero-order valence-electron chi connectivity index (χ0n) is 13.6. The van der Waals surface area contributed by atoms with Gasteiger partial charge in [0.25, 0.3) is 0 Å². The highest BCUT2D eigenvalue weighted by Gasteiger charge is 2.30. The molecule has 2 aromatic carbocycles. The molecule has 1 aliphatic heterocycles. The van der Waals surface area contributed by atoms with Crippen molar-refractivity contribution in [3.63, 3.8) is 0 Å². The SMILES string of the molecule is COc1cccc(-n2cnc3c2NC(=O)C[C@@H]3c2ccc(Cl)cc2)c1. The first kappa shape index (κ1) is 15.7. The van der Waals surface area contributed by atoms with Crippen molar-refractivity contribution in [1.29, 1.82) is 0 Å². The number of amides is 1. The molecule has 0 bridgehead atoms. The van der Waals surface area contributed by atoms with E-state index < -0.39 is 0 Å². The van der Waals surface area contributed by atoms with Gasteiger partial charge in [0.1, 0.15) is 17.9 Å². The van der Waals surface area contributed by atoms with Crippen molar-refractivity contribution in [3.05, 3.63) is 71.1 Å². The van der Waals surface area contributed by atoms with Gasteiger partial charge in [0.15, 0.2) is 0 Å². The Morgan fingerprint density at radius 2 is 2.04 bits per heavy atom. The van der Waals surface area contributed by atoms with Crippen LogP contribution < -0.4 is 10.1 Å². The van der Waals surface area contributed by atoms with E-state index in [1.807, 2.05) is 53.1 Å². The van der Waals surface area contributed by atoms with E-state index in [9.17, 15) is 4.79 Å². The Hall–Kier alpha value is -2.79. The minimum absolute atomic E-state index is 0.0305. The van der Waals surface area contributed by atoms with Gasteiger partial charge in [0.2, 0.25) is 5.91 Å². The fraction of sp³-hybridized carbons (Fsp3) is 0.158. The van der Waals surface area contributed by atoms with Gasteiger partial charge in [-0.1, -0.05) is 29.8 Å². The van der Waals surface area contributed by atoms with Gasteiger partial charge in [-0.15, -0.1) is 0 Å². The fourth-order valence-electron chi connectivity index (χ4n) is 3.13. The van der Waals surface area contributed by atoms with Crippen LogP contribution in [0.5, 0.6) is 5.75 Å². The number of hydrogen-bond donors (Lipinski definition) is 1. The maximum absolute atomic E-state index is 12.3. The van der Waals surface area contributed by atoms with Gasteiger partial charge in [-0.3, -0.25) is 9.36 Å². The van der Waals surface area contributed by atoms with Gasteiger partial charge in [0.05, 0.1) is 18.5 Å². The Balaban J connectivity index is 1.79. The van der Waals surface area contributed by atoms with Crippen molar-refractivity contribution < 1.29 is 9.53 Å². The first-order valence-corrected chi connectivity index (χ1v) is 8.30. The molecule has 3 aromatic rings. The molecule has 0 radical (unpaired) electrons. The number of carbonyl (C=O) groups is 1. The number of anilines is 1. The lowest BCUT2D eigenvalue weighted by Crippen LogP contribution is -2.24. The lowest BCUT2D eigenvalue weighted by atomic mass is 9.90. The number of aromatic nitrogens is 2. The van der Waals surface area contributed by atoms with Crippen LogP contribution in [0.1, 0.15) is 23.6 Å². The van der Waals surface area contributed by atoms with E-state index in [4.69, 9.17) is 16.3 Å². The normalized spacial score (nSPS) is 16.2. The maximum Gasteiger partial charge on any atom is 0.226 e. The third-order valence-electron chi connectivity index (χ3n) is 4.38. The number of imidazole rings is 1. The number of halogens is 1. The van der Waals surface area contributed by atoms with Crippen molar-refractivity contribution >= 4 is 23.3 Å². The lowest BCUT2D eigenvalue weighted by Gasteiger charge is -2.23. The summed E-state index contributed by atoms with van der Waals surface area (Å²) >= 11 is 5.98. The van der Waals surface area contributed by atoms with Crippen LogP contribution in [0.25, 0.3) is 5.69 Å². The van der Waals surface area contributed by atoms with E-state index in [0.29, 0.717) is 17.3 Å². The van der Waals surface area contributed by atoms with Crippen molar-refractivity contribution in [2.45, 2.75) is 12.3 Å². The number of nitrogens with zero attached hydrogens (tertiary/aromatic N) is 2. The summed E-state index contributed by atoms with van der Waals surface area (Å²) in [4.78, 5) is 16.9. The monoisotopic (exact) mass is 353 g/mol. The quantitative estimate of drug-likeness (QED) is 0.774. The topological polar surface area (TPSA) is 56.1 Å². The van der Waals surface area contributed by atoms with E-state index in [2.05, 4.69) is 10.3 Å². The Morgan fingerprint density at radius 3 is 2.80 bits per heavy atom. The largest absolute Gasteiger partial charge is 0.497 e. The fourth-order valence-corrected chi connectivity index (χ4v) is 3.26. The molecule has 0 spiro atoms. The summed E-state index contributed by atoms with van der Waals surface area (Å²) < 4.78 is 7.16. The Morgan fingerprint density at radius 1 is 1.24 bits per heavy atom. The summed E-state index contributed by atoms with van der Waals surface area (Å²) in [5.41, 5.74) is 2.76. The summed E-state index contributed by atoms with van der Waals surface area (Å²) in [6.45, 7) is 0. The molecular weight excluding hydrogens is 338 g/mol. The van der Waals surface area contributed by atoms with Crippen molar-refractivity contribution in [3.8, 4) is 11.4 Å². The average Bonchev–Trinajstić information content (AvgIpc) is 3.05. The molecule has 25 heavy (non-hydrogen) atoms. The second-order valence-electron chi connectivity index (χ2n) is 5.91. The number of nitrogens with one attached hydrogen (secondary N) is 1. The van der Waals surface area contributed by atoms with Crippen LogP contribution in [-0.4, -0.2) is 22.6 Å². The Bertz CT molecular complexity index is 934. The zero-order valence-corrected chi connectivity index (χ0v) is 14.3. The molecule has 0 saturated heterocycles. The smallest absolute Gasteiger partial charge is 0.226 e. The summed E-state index contributed by atoms with van der Waals surface area (Å²) in [5.74, 6) is 1.32. The van der Waals surface area contributed by atoms with Crippen molar-refractivity contribution in [1.82, 2.24) is 9.55 Å². The van der Waals surface area contributed by atoms with Gasteiger partial charge in [0, 0.05) is 23.4 Å². The molecule has 6 heteroatoms. The molecule has 0 fully saturated rings. The third-order valence-corrected chi connectivity index (χ3v) is 4.63. The maximum atomic E-state index is 12.3. The van der Waals surface area contributed by atoms with Gasteiger partial charge < -0.3 is 10.1 Å². The number of hydrogen-bond acceptors (Lipinski definition) is 3. The molecule has 2 heterocycles. The predicted octanol–water partition coefficient (Wildman–Crippen LogP) is 4.01. The molecule has 1 N–H and O–H groups in total. The lowest BCUT2D eigenvalue weighted by molar-refractivity contribution is -0.116. The molecule has 126 valence electrons. The van der Waals surface area contributed by atoms with Gasteiger partial charge in [-0.2, -0.15) is 0 Å². The number of fused-ring (bicyclic) bond motifs is 1. The van der Waals surface area contributed by atoms with Gasteiger partial charge in [-0.25, -0.2) is 4.98 Å².